The first kappa shape index (κ1) is 15.6. The molecule has 0 saturated heterocycles. The summed E-state index contributed by atoms with van der Waals surface area (Å²) in [7, 11) is 0. The number of imidazole rings is 1. The minimum Gasteiger partial charge on any atom is -0.383 e. The van der Waals surface area contributed by atoms with Gasteiger partial charge in [0.15, 0.2) is 0 Å². The third-order valence-corrected chi connectivity index (χ3v) is 3.62. The fourth-order valence-corrected chi connectivity index (χ4v) is 2.94. The van der Waals surface area contributed by atoms with Crippen molar-refractivity contribution in [1.29, 1.82) is 0 Å². The van der Waals surface area contributed by atoms with Crippen LogP contribution in [0.3, 0.4) is 0 Å². The molecule has 1 aromatic heterocycles. The van der Waals surface area contributed by atoms with Crippen molar-refractivity contribution in [2.45, 2.75) is 59.9 Å². The Balaban J connectivity index is 2.65. The predicted molar refractivity (Wildman–Crippen MR) is 90.5 cm³/mol. The third-order valence-electron chi connectivity index (χ3n) is 3.62. The van der Waals surface area contributed by atoms with Crippen LogP contribution in [0.5, 0.6) is 0 Å². The first-order valence-corrected chi connectivity index (χ1v) is 7.70. The number of nitrogens with two attached hydrogens (primary N) is 1. The Hall–Kier alpha value is -1.77. The van der Waals surface area contributed by atoms with Gasteiger partial charge in [-0.2, -0.15) is 0 Å². The molecule has 0 bridgehead atoms. The molecule has 0 aliphatic heterocycles. The molecule has 0 unspecified atom stereocenters. The largest absolute Gasteiger partial charge is 0.383 e. The SMILES string of the molecule is CCCc1nc(-c2cc(C)cc(C)c2)c(N)n1C(C)(C)C. The Morgan fingerprint density at radius 3 is 2.14 bits per heavy atom. The van der Waals surface area contributed by atoms with Crippen molar-refractivity contribution in [3.8, 4) is 11.3 Å². The lowest BCUT2D eigenvalue weighted by atomic mass is 10.0. The number of nitrogen functional groups attached to an aromatic ring is 1. The van der Waals surface area contributed by atoms with Gasteiger partial charge in [0.1, 0.15) is 17.3 Å². The van der Waals surface area contributed by atoms with E-state index in [0.717, 1.165) is 35.7 Å². The van der Waals surface area contributed by atoms with E-state index in [2.05, 4.69) is 64.3 Å². The Morgan fingerprint density at radius 2 is 1.67 bits per heavy atom. The summed E-state index contributed by atoms with van der Waals surface area (Å²) in [4.78, 5) is 4.86. The van der Waals surface area contributed by atoms with Crippen LogP contribution in [0.2, 0.25) is 0 Å². The molecule has 3 nitrogen and oxygen atoms in total. The van der Waals surface area contributed by atoms with Crippen LogP contribution in [0.4, 0.5) is 5.82 Å². The highest BCUT2D eigenvalue weighted by Crippen LogP contribution is 2.32. The standard InChI is InChI=1S/C18H27N3/c1-7-8-15-20-16(17(19)21(15)18(4,5)6)14-10-12(2)9-13(3)11-14/h9-11H,7-8,19H2,1-6H3. The van der Waals surface area contributed by atoms with Crippen molar-refractivity contribution >= 4 is 5.82 Å². The molecule has 0 fully saturated rings. The van der Waals surface area contributed by atoms with Crippen LogP contribution in [0.25, 0.3) is 11.3 Å². The molecule has 0 radical (unpaired) electrons. The molecule has 0 spiro atoms. The van der Waals surface area contributed by atoms with Gasteiger partial charge in [0.25, 0.3) is 0 Å². The fourth-order valence-electron chi connectivity index (χ4n) is 2.94. The van der Waals surface area contributed by atoms with Crippen LogP contribution in [0.15, 0.2) is 18.2 Å². The molecule has 3 heteroatoms. The molecule has 0 atom stereocenters. The molecule has 0 aliphatic rings. The summed E-state index contributed by atoms with van der Waals surface area (Å²) in [5.74, 6) is 1.85. The second kappa shape index (κ2) is 5.55. The Kier molecular flexibility index (Phi) is 4.13. The number of nitrogens with zero attached hydrogens (tertiary/aromatic N) is 2. The lowest BCUT2D eigenvalue weighted by Gasteiger charge is -2.25. The van der Waals surface area contributed by atoms with Crippen LogP contribution in [-0.2, 0) is 12.0 Å². The van der Waals surface area contributed by atoms with Crippen LogP contribution < -0.4 is 5.73 Å². The molecule has 2 rings (SSSR count). The molecule has 1 aromatic carbocycles. The Morgan fingerprint density at radius 1 is 1.10 bits per heavy atom. The van der Waals surface area contributed by atoms with Gasteiger partial charge in [-0.05, 0) is 53.2 Å². The fraction of sp³-hybridized carbons (Fsp3) is 0.500. The maximum Gasteiger partial charge on any atom is 0.132 e. The number of aryl methyl sites for hydroxylation is 3. The van der Waals surface area contributed by atoms with E-state index in [-0.39, 0.29) is 5.54 Å². The van der Waals surface area contributed by atoms with Gasteiger partial charge in [-0.3, -0.25) is 0 Å². The zero-order chi connectivity index (χ0) is 15.8. The van der Waals surface area contributed by atoms with Gasteiger partial charge in [0.2, 0.25) is 0 Å². The van der Waals surface area contributed by atoms with Crippen molar-refractivity contribution in [2.24, 2.45) is 0 Å². The lowest BCUT2D eigenvalue weighted by molar-refractivity contribution is 0.387. The van der Waals surface area contributed by atoms with E-state index in [1.807, 2.05) is 0 Å². The number of anilines is 1. The summed E-state index contributed by atoms with van der Waals surface area (Å²) in [5, 5.41) is 0. The van der Waals surface area contributed by atoms with Gasteiger partial charge < -0.3 is 10.3 Å². The van der Waals surface area contributed by atoms with Crippen molar-refractivity contribution in [2.75, 3.05) is 5.73 Å². The molecule has 0 amide bonds. The van der Waals surface area contributed by atoms with Gasteiger partial charge in [-0.25, -0.2) is 4.98 Å². The van der Waals surface area contributed by atoms with Gasteiger partial charge in [-0.1, -0.05) is 24.1 Å². The highest BCUT2D eigenvalue weighted by molar-refractivity contribution is 5.72. The summed E-state index contributed by atoms with van der Waals surface area (Å²) < 4.78 is 2.18. The predicted octanol–water partition coefficient (Wildman–Crippen LogP) is 4.46. The van der Waals surface area contributed by atoms with Crippen molar-refractivity contribution in [3.05, 3.63) is 35.2 Å². The molecule has 1 heterocycles. The molecule has 0 saturated carbocycles. The van der Waals surface area contributed by atoms with Gasteiger partial charge in [-0.15, -0.1) is 0 Å². The monoisotopic (exact) mass is 285 g/mol. The topological polar surface area (TPSA) is 43.8 Å². The summed E-state index contributed by atoms with van der Waals surface area (Å²) >= 11 is 0. The van der Waals surface area contributed by atoms with Crippen LogP contribution >= 0.6 is 0 Å². The minimum absolute atomic E-state index is 0.0568. The molecule has 2 N–H and O–H groups in total. The van der Waals surface area contributed by atoms with Gasteiger partial charge in [0, 0.05) is 17.5 Å². The molecular formula is C18H27N3. The smallest absolute Gasteiger partial charge is 0.132 e. The number of hydrogen-bond acceptors (Lipinski definition) is 2. The van der Waals surface area contributed by atoms with Crippen molar-refractivity contribution in [1.82, 2.24) is 9.55 Å². The minimum atomic E-state index is -0.0568. The number of benzene rings is 1. The third kappa shape index (κ3) is 3.12. The first-order chi connectivity index (χ1) is 9.74. The molecule has 0 aliphatic carbocycles. The Bertz CT molecular complexity index is 625. The van der Waals surface area contributed by atoms with Crippen LogP contribution in [0.1, 0.15) is 51.1 Å². The molecule has 21 heavy (non-hydrogen) atoms. The van der Waals surface area contributed by atoms with Gasteiger partial charge >= 0.3 is 0 Å². The van der Waals surface area contributed by atoms with E-state index >= 15 is 0 Å². The Labute approximate surface area is 128 Å². The van der Waals surface area contributed by atoms with Crippen LogP contribution in [-0.4, -0.2) is 9.55 Å². The summed E-state index contributed by atoms with van der Waals surface area (Å²) in [6.45, 7) is 12.9. The zero-order valence-electron chi connectivity index (χ0n) is 14.1. The number of aromatic nitrogens is 2. The van der Waals surface area contributed by atoms with Gasteiger partial charge in [0.05, 0.1) is 0 Å². The molecular weight excluding hydrogens is 258 g/mol. The number of rotatable bonds is 3. The lowest BCUT2D eigenvalue weighted by Crippen LogP contribution is -2.25. The molecule has 114 valence electrons. The maximum atomic E-state index is 6.45. The summed E-state index contributed by atoms with van der Waals surface area (Å²) in [6.07, 6.45) is 2.02. The number of hydrogen-bond donors (Lipinski definition) is 1. The van der Waals surface area contributed by atoms with E-state index in [0.29, 0.717) is 0 Å². The highest BCUT2D eigenvalue weighted by atomic mass is 15.2. The summed E-state index contributed by atoms with van der Waals surface area (Å²) in [5.41, 5.74) is 10.9. The zero-order valence-corrected chi connectivity index (χ0v) is 14.1. The van der Waals surface area contributed by atoms with Crippen molar-refractivity contribution in [3.63, 3.8) is 0 Å². The molecule has 2 aromatic rings. The average molecular weight is 285 g/mol. The van der Waals surface area contributed by atoms with E-state index in [4.69, 9.17) is 10.7 Å². The quantitative estimate of drug-likeness (QED) is 0.905. The maximum absolute atomic E-state index is 6.45. The van der Waals surface area contributed by atoms with E-state index < -0.39 is 0 Å². The average Bonchev–Trinajstić information content (AvgIpc) is 2.65. The second-order valence-corrected chi connectivity index (χ2v) is 6.89. The van der Waals surface area contributed by atoms with E-state index in [1.165, 1.54) is 11.1 Å². The van der Waals surface area contributed by atoms with Crippen LogP contribution in [0, 0.1) is 13.8 Å². The first-order valence-electron chi connectivity index (χ1n) is 7.70. The van der Waals surface area contributed by atoms with E-state index in [1.54, 1.807) is 0 Å². The second-order valence-electron chi connectivity index (χ2n) is 6.89. The summed E-state index contributed by atoms with van der Waals surface area (Å²) in [6, 6.07) is 6.50. The highest BCUT2D eigenvalue weighted by Gasteiger charge is 2.24. The van der Waals surface area contributed by atoms with E-state index in [9.17, 15) is 0 Å². The normalized spacial score (nSPS) is 11.9. The van der Waals surface area contributed by atoms with Crippen molar-refractivity contribution < 1.29 is 0 Å².